The molecule has 0 aliphatic carbocycles. The van der Waals surface area contributed by atoms with Crippen molar-refractivity contribution in [2.75, 3.05) is 49.1 Å². The summed E-state index contributed by atoms with van der Waals surface area (Å²) in [6.07, 6.45) is 0.313. The van der Waals surface area contributed by atoms with Gasteiger partial charge in [0.2, 0.25) is 5.91 Å². The van der Waals surface area contributed by atoms with Crippen LogP contribution in [0.15, 0.2) is 24.3 Å². The maximum atomic E-state index is 12.0. The number of carbonyl (C=O) groups is 3. The molecular weight excluding hydrogens is 360 g/mol. The maximum absolute atomic E-state index is 12.0. The van der Waals surface area contributed by atoms with E-state index in [1.54, 1.807) is 4.90 Å². The molecule has 0 atom stereocenters. The lowest BCUT2D eigenvalue weighted by molar-refractivity contribution is -0.156. The molecule has 2 aliphatic heterocycles. The molecular formula is C20H28N4O4. The number of amides is 3. The fourth-order valence-corrected chi connectivity index (χ4v) is 3.37. The fraction of sp³-hybridized carbons (Fsp3) is 0.550. The average molecular weight is 388 g/mol. The van der Waals surface area contributed by atoms with Gasteiger partial charge in [-0.15, -0.1) is 0 Å². The largest absolute Gasteiger partial charge is 0.459 e. The van der Waals surface area contributed by atoms with Crippen LogP contribution in [-0.2, 0) is 14.3 Å². The molecule has 1 aromatic carbocycles. The molecule has 3 rings (SSSR count). The highest BCUT2D eigenvalue weighted by Crippen LogP contribution is 2.23. The van der Waals surface area contributed by atoms with Gasteiger partial charge in [0.05, 0.1) is 6.54 Å². The molecule has 3 amide bonds. The number of imide groups is 1. The highest BCUT2D eigenvalue weighted by Gasteiger charge is 2.25. The van der Waals surface area contributed by atoms with Crippen LogP contribution < -0.4 is 15.1 Å². The molecule has 0 unspecified atom stereocenters. The highest BCUT2D eigenvalue weighted by atomic mass is 16.6. The van der Waals surface area contributed by atoms with Crippen LogP contribution in [0.4, 0.5) is 16.2 Å². The van der Waals surface area contributed by atoms with E-state index in [9.17, 15) is 14.4 Å². The van der Waals surface area contributed by atoms with Gasteiger partial charge in [-0.3, -0.25) is 24.7 Å². The van der Waals surface area contributed by atoms with Gasteiger partial charge in [-0.2, -0.15) is 0 Å². The molecule has 0 bridgehead atoms. The van der Waals surface area contributed by atoms with Crippen LogP contribution in [0.2, 0.25) is 0 Å². The lowest BCUT2D eigenvalue weighted by Crippen LogP contribution is -2.49. The molecule has 2 aliphatic rings. The van der Waals surface area contributed by atoms with Crippen molar-refractivity contribution in [3.63, 3.8) is 0 Å². The van der Waals surface area contributed by atoms with Crippen molar-refractivity contribution < 1.29 is 19.1 Å². The summed E-state index contributed by atoms with van der Waals surface area (Å²) in [5, 5.41) is 2.33. The van der Waals surface area contributed by atoms with Crippen molar-refractivity contribution in [2.45, 2.75) is 32.8 Å². The van der Waals surface area contributed by atoms with Crippen LogP contribution >= 0.6 is 0 Å². The molecule has 0 radical (unpaired) electrons. The monoisotopic (exact) mass is 388 g/mol. The Labute approximate surface area is 165 Å². The minimum absolute atomic E-state index is 0.191. The third kappa shape index (κ3) is 5.22. The summed E-state index contributed by atoms with van der Waals surface area (Å²) in [7, 11) is 0. The average Bonchev–Trinajstić information content (AvgIpc) is 2.61. The van der Waals surface area contributed by atoms with Crippen molar-refractivity contribution >= 4 is 29.3 Å². The Bertz CT molecular complexity index is 734. The molecule has 152 valence electrons. The van der Waals surface area contributed by atoms with E-state index in [-0.39, 0.29) is 17.9 Å². The molecule has 1 N–H and O–H groups in total. The molecule has 2 heterocycles. The molecule has 2 fully saturated rings. The van der Waals surface area contributed by atoms with E-state index in [0.29, 0.717) is 19.5 Å². The predicted octanol–water partition coefficient (Wildman–Crippen LogP) is 1.60. The van der Waals surface area contributed by atoms with Crippen LogP contribution in [0.3, 0.4) is 0 Å². The number of anilines is 2. The summed E-state index contributed by atoms with van der Waals surface area (Å²) < 4.78 is 5.39. The molecule has 8 nitrogen and oxygen atoms in total. The first-order valence-corrected chi connectivity index (χ1v) is 9.62. The van der Waals surface area contributed by atoms with E-state index in [4.69, 9.17) is 4.74 Å². The Morgan fingerprint density at radius 3 is 2.18 bits per heavy atom. The third-order valence-electron chi connectivity index (χ3n) is 4.73. The van der Waals surface area contributed by atoms with Crippen LogP contribution in [0.1, 0.15) is 27.2 Å². The van der Waals surface area contributed by atoms with E-state index in [1.165, 1.54) is 0 Å². The summed E-state index contributed by atoms with van der Waals surface area (Å²) in [5.74, 6) is -0.425. The Kier molecular flexibility index (Phi) is 5.88. The maximum Gasteiger partial charge on any atom is 0.328 e. The first-order valence-electron chi connectivity index (χ1n) is 9.62. The second-order valence-corrected chi connectivity index (χ2v) is 8.12. The van der Waals surface area contributed by atoms with Gasteiger partial charge < -0.3 is 9.64 Å². The predicted molar refractivity (Wildman–Crippen MR) is 106 cm³/mol. The second-order valence-electron chi connectivity index (χ2n) is 8.12. The lowest BCUT2D eigenvalue weighted by Gasteiger charge is -2.36. The van der Waals surface area contributed by atoms with Crippen molar-refractivity contribution in [3.05, 3.63) is 24.3 Å². The number of ether oxygens (including phenoxy) is 1. The lowest BCUT2D eigenvalue weighted by atomic mass is 10.2. The van der Waals surface area contributed by atoms with Gasteiger partial charge in [-0.1, -0.05) is 0 Å². The van der Waals surface area contributed by atoms with Crippen molar-refractivity contribution in [3.8, 4) is 0 Å². The van der Waals surface area contributed by atoms with E-state index in [2.05, 4.69) is 15.1 Å². The standard InChI is InChI=1S/C20H28N4O4/c1-20(2,3)28-18(26)14-22-10-12-23(13-11-22)15-4-6-16(7-5-15)24-9-8-17(25)21-19(24)27/h4-7H,8-14H2,1-3H3,(H,21,25,27). The zero-order valence-corrected chi connectivity index (χ0v) is 16.7. The fourth-order valence-electron chi connectivity index (χ4n) is 3.37. The number of nitrogens with one attached hydrogen (secondary N) is 1. The summed E-state index contributed by atoms with van der Waals surface area (Å²) in [6, 6.07) is 7.40. The number of benzene rings is 1. The second kappa shape index (κ2) is 8.18. The molecule has 1 aromatic rings. The zero-order valence-electron chi connectivity index (χ0n) is 16.7. The van der Waals surface area contributed by atoms with Gasteiger partial charge >= 0.3 is 12.0 Å². The van der Waals surface area contributed by atoms with E-state index in [1.807, 2.05) is 45.0 Å². The highest BCUT2D eigenvalue weighted by molar-refractivity contribution is 6.05. The molecule has 0 spiro atoms. The summed E-state index contributed by atoms with van der Waals surface area (Å²) in [6.45, 7) is 9.55. The molecule has 8 heteroatoms. The van der Waals surface area contributed by atoms with Crippen molar-refractivity contribution in [2.24, 2.45) is 0 Å². The molecule has 28 heavy (non-hydrogen) atoms. The zero-order chi connectivity index (χ0) is 20.3. The van der Waals surface area contributed by atoms with Gasteiger partial charge in [0.25, 0.3) is 0 Å². The van der Waals surface area contributed by atoms with E-state index in [0.717, 1.165) is 37.6 Å². The SMILES string of the molecule is CC(C)(C)OC(=O)CN1CCN(c2ccc(N3CCC(=O)NC3=O)cc2)CC1. The smallest absolute Gasteiger partial charge is 0.328 e. The first-order chi connectivity index (χ1) is 13.2. The summed E-state index contributed by atoms with van der Waals surface area (Å²) >= 11 is 0. The quantitative estimate of drug-likeness (QED) is 0.789. The number of nitrogens with zero attached hydrogens (tertiary/aromatic N) is 3. The number of hydrogen-bond donors (Lipinski definition) is 1. The van der Waals surface area contributed by atoms with Crippen LogP contribution in [0, 0.1) is 0 Å². The topological polar surface area (TPSA) is 82.2 Å². The Morgan fingerprint density at radius 2 is 1.61 bits per heavy atom. The summed E-state index contributed by atoms with van der Waals surface area (Å²) in [4.78, 5) is 41.1. The number of piperazine rings is 1. The van der Waals surface area contributed by atoms with E-state index >= 15 is 0 Å². The van der Waals surface area contributed by atoms with Crippen LogP contribution in [0.25, 0.3) is 0 Å². The first kappa shape index (κ1) is 20.1. The van der Waals surface area contributed by atoms with Gasteiger partial charge in [0.1, 0.15) is 5.60 Å². The Morgan fingerprint density at radius 1 is 1.00 bits per heavy atom. The molecule has 0 aromatic heterocycles. The molecule has 2 saturated heterocycles. The number of esters is 1. The van der Waals surface area contributed by atoms with Gasteiger partial charge in [0.15, 0.2) is 0 Å². The number of urea groups is 1. The van der Waals surface area contributed by atoms with Crippen molar-refractivity contribution in [1.29, 1.82) is 0 Å². The van der Waals surface area contributed by atoms with Crippen LogP contribution in [0.5, 0.6) is 0 Å². The van der Waals surface area contributed by atoms with E-state index < -0.39 is 5.60 Å². The Hall–Kier alpha value is -2.61. The van der Waals surface area contributed by atoms with Gasteiger partial charge in [0, 0.05) is 50.5 Å². The number of hydrogen-bond acceptors (Lipinski definition) is 6. The number of carbonyl (C=O) groups excluding carboxylic acids is 3. The van der Waals surface area contributed by atoms with Gasteiger partial charge in [-0.25, -0.2) is 4.79 Å². The minimum atomic E-state index is -0.459. The summed E-state index contributed by atoms with van der Waals surface area (Å²) in [5.41, 5.74) is 1.39. The Balaban J connectivity index is 1.51. The van der Waals surface area contributed by atoms with Crippen LogP contribution in [-0.4, -0.2) is 67.7 Å². The number of rotatable bonds is 4. The van der Waals surface area contributed by atoms with Gasteiger partial charge in [-0.05, 0) is 45.0 Å². The minimum Gasteiger partial charge on any atom is -0.459 e. The third-order valence-corrected chi connectivity index (χ3v) is 4.73. The normalized spacial score (nSPS) is 18.8. The molecule has 0 saturated carbocycles. The van der Waals surface area contributed by atoms with Crippen molar-refractivity contribution in [1.82, 2.24) is 10.2 Å².